The van der Waals surface area contributed by atoms with Crippen molar-refractivity contribution in [1.82, 2.24) is 15.5 Å². The molecule has 0 spiro atoms. The third kappa shape index (κ3) is 4.09. The highest BCUT2D eigenvalue weighted by molar-refractivity contribution is 5.99. The molecule has 2 N–H and O–H groups in total. The van der Waals surface area contributed by atoms with Gasteiger partial charge in [-0.3, -0.25) is 4.79 Å². The highest BCUT2D eigenvalue weighted by Gasteiger charge is 2.33. The van der Waals surface area contributed by atoms with Gasteiger partial charge in [0.1, 0.15) is 5.58 Å². The molecule has 3 rings (SSSR count). The smallest absolute Gasteiger partial charge is 0.287 e. The number of methoxy groups -OCH3 is 1. The Balaban J connectivity index is 1.80. The van der Waals surface area contributed by atoms with Crippen LogP contribution in [0, 0.1) is 5.41 Å². The molecule has 2 heterocycles. The molecule has 0 atom stereocenters. The van der Waals surface area contributed by atoms with E-state index in [1.165, 1.54) is 0 Å². The van der Waals surface area contributed by atoms with Crippen LogP contribution in [0.4, 0.5) is 0 Å². The minimum absolute atomic E-state index is 0.0105. The number of ether oxygens (including phenoxy) is 1. The van der Waals surface area contributed by atoms with E-state index in [1.807, 2.05) is 43.3 Å². The summed E-state index contributed by atoms with van der Waals surface area (Å²) in [4.78, 5) is 15.0. The summed E-state index contributed by atoms with van der Waals surface area (Å²) in [5.74, 6) is 0.272. The van der Waals surface area contributed by atoms with Gasteiger partial charge in [-0.2, -0.15) is 0 Å². The second kappa shape index (κ2) is 8.20. The molecule has 0 radical (unpaired) electrons. The van der Waals surface area contributed by atoms with Crippen molar-refractivity contribution in [2.24, 2.45) is 5.41 Å². The predicted octanol–water partition coefficient (Wildman–Crippen LogP) is 2.24. The van der Waals surface area contributed by atoms with Crippen LogP contribution < -0.4 is 10.6 Å². The third-order valence-electron chi connectivity index (χ3n) is 5.12. The van der Waals surface area contributed by atoms with Crippen LogP contribution in [0.5, 0.6) is 0 Å². The van der Waals surface area contributed by atoms with Gasteiger partial charge in [0.2, 0.25) is 0 Å². The first-order valence-corrected chi connectivity index (χ1v) is 9.18. The number of nitrogens with one attached hydrogen (secondary N) is 2. The average molecular weight is 359 g/mol. The number of amides is 1. The Morgan fingerprint density at radius 3 is 2.73 bits per heavy atom. The van der Waals surface area contributed by atoms with Crippen LogP contribution in [0.15, 0.2) is 28.7 Å². The summed E-state index contributed by atoms with van der Waals surface area (Å²) in [5, 5.41) is 7.48. The number of nitrogens with zero attached hydrogens (tertiary/aromatic N) is 1. The summed E-state index contributed by atoms with van der Waals surface area (Å²) in [6, 6.07) is 7.81. The van der Waals surface area contributed by atoms with Crippen LogP contribution >= 0.6 is 0 Å². The van der Waals surface area contributed by atoms with Crippen molar-refractivity contribution in [2.75, 3.05) is 47.4 Å². The van der Waals surface area contributed by atoms with Crippen LogP contribution in [-0.2, 0) is 11.3 Å². The summed E-state index contributed by atoms with van der Waals surface area (Å²) in [7, 11) is 5.71. The van der Waals surface area contributed by atoms with E-state index in [-0.39, 0.29) is 11.3 Å². The van der Waals surface area contributed by atoms with Crippen LogP contribution in [0.3, 0.4) is 0 Å². The van der Waals surface area contributed by atoms with Gasteiger partial charge in [-0.1, -0.05) is 18.2 Å². The summed E-state index contributed by atoms with van der Waals surface area (Å²) < 4.78 is 11.4. The Morgan fingerprint density at radius 2 is 2.04 bits per heavy atom. The Hall–Kier alpha value is -1.89. The molecular weight excluding hydrogens is 330 g/mol. The van der Waals surface area contributed by atoms with Crippen molar-refractivity contribution >= 4 is 16.9 Å². The molecule has 142 valence electrons. The predicted molar refractivity (Wildman–Crippen MR) is 102 cm³/mol. The first-order chi connectivity index (χ1) is 12.5. The summed E-state index contributed by atoms with van der Waals surface area (Å²) in [5.41, 5.74) is 1.68. The number of rotatable bonds is 7. The van der Waals surface area contributed by atoms with Crippen molar-refractivity contribution in [3.63, 3.8) is 0 Å². The monoisotopic (exact) mass is 359 g/mol. The molecule has 0 bridgehead atoms. The second-order valence-corrected chi connectivity index (χ2v) is 7.51. The molecule has 1 saturated heterocycles. The molecular formula is C20H29N3O3. The molecule has 1 aromatic heterocycles. The van der Waals surface area contributed by atoms with E-state index < -0.39 is 0 Å². The normalized spacial score (nSPS) is 16.9. The maximum absolute atomic E-state index is 12.9. The molecule has 1 aromatic carbocycles. The lowest BCUT2D eigenvalue weighted by molar-refractivity contribution is 0.0506. The van der Waals surface area contributed by atoms with E-state index in [4.69, 9.17) is 9.15 Å². The molecule has 1 aliphatic rings. The molecule has 0 unspecified atom stereocenters. The Labute approximate surface area is 154 Å². The fourth-order valence-corrected chi connectivity index (χ4v) is 3.74. The largest absolute Gasteiger partial charge is 0.451 e. The minimum atomic E-state index is -0.146. The molecule has 1 amide bonds. The van der Waals surface area contributed by atoms with Crippen LogP contribution in [0.1, 0.15) is 29.0 Å². The molecule has 26 heavy (non-hydrogen) atoms. The van der Waals surface area contributed by atoms with Crippen molar-refractivity contribution in [1.29, 1.82) is 0 Å². The number of carbonyl (C=O) groups is 1. The fourth-order valence-electron chi connectivity index (χ4n) is 3.74. The van der Waals surface area contributed by atoms with E-state index in [2.05, 4.69) is 10.6 Å². The molecule has 0 aliphatic carbocycles. The number of fused-ring (bicyclic) bond motifs is 1. The maximum atomic E-state index is 12.9. The number of furan rings is 1. The SMILES string of the molecule is COCC1(CNC(=O)c2oc3ccccc3c2CN(C)C)CCNCC1. The van der Waals surface area contributed by atoms with E-state index in [0.29, 0.717) is 25.5 Å². The first-order valence-electron chi connectivity index (χ1n) is 9.18. The Morgan fingerprint density at radius 1 is 1.31 bits per heavy atom. The van der Waals surface area contributed by atoms with Gasteiger partial charge < -0.3 is 24.7 Å². The summed E-state index contributed by atoms with van der Waals surface area (Å²) in [6.45, 7) is 3.82. The van der Waals surface area contributed by atoms with E-state index in [1.54, 1.807) is 7.11 Å². The van der Waals surface area contributed by atoms with Gasteiger partial charge in [0.25, 0.3) is 5.91 Å². The lowest BCUT2D eigenvalue weighted by Gasteiger charge is -2.37. The van der Waals surface area contributed by atoms with Gasteiger partial charge in [0.05, 0.1) is 6.61 Å². The lowest BCUT2D eigenvalue weighted by atomic mass is 9.79. The van der Waals surface area contributed by atoms with Crippen LogP contribution in [0.2, 0.25) is 0 Å². The Kier molecular flexibility index (Phi) is 5.96. The topological polar surface area (TPSA) is 66.7 Å². The van der Waals surface area contributed by atoms with Gasteiger partial charge in [0.15, 0.2) is 5.76 Å². The highest BCUT2D eigenvalue weighted by atomic mass is 16.5. The van der Waals surface area contributed by atoms with Gasteiger partial charge in [-0.05, 0) is 46.1 Å². The zero-order valence-electron chi connectivity index (χ0n) is 15.9. The number of para-hydroxylation sites is 1. The molecule has 6 heteroatoms. The molecule has 1 aliphatic heterocycles. The van der Waals surface area contributed by atoms with Gasteiger partial charge in [-0.15, -0.1) is 0 Å². The molecule has 2 aromatic rings. The van der Waals surface area contributed by atoms with E-state index >= 15 is 0 Å². The number of benzene rings is 1. The molecule has 1 fully saturated rings. The molecule has 6 nitrogen and oxygen atoms in total. The Bertz CT molecular complexity index is 742. The van der Waals surface area contributed by atoms with E-state index in [0.717, 1.165) is 42.5 Å². The van der Waals surface area contributed by atoms with E-state index in [9.17, 15) is 4.79 Å². The number of hydrogen-bond donors (Lipinski definition) is 2. The fraction of sp³-hybridized carbons (Fsp3) is 0.550. The number of carbonyl (C=O) groups excluding carboxylic acids is 1. The van der Waals surface area contributed by atoms with Crippen molar-refractivity contribution in [3.8, 4) is 0 Å². The zero-order valence-corrected chi connectivity index (χ0v) is 15.9. The number of hydrogen-bond acceptors (Lipinski definition) is 5. The highest BCUT2D eigenvalue weighted by Crippen LogP contribution is 2.30. The first kappa shape index (κ1) is 18.9. The quantitative estimate of drug-likeness (QED) is 0.794. The molecule has 0 saturated carbocycles. The van der Waals surface area contributed by atoms with Crippen LogP contribution in [-0.4, -0.2) is 58.3 Å². The summed E-state index contributed by atoms with van der Waals surface area (Å²) in [6.07, 6.45) is 1.98. The minimum Gasteiger partial charge on any atom is -0.451 e. The average Bonchev–Trinajstić information content (AvgIpc) is 2.99. The van der Waals surface area contributed by atoms with Gasteiger partial charge in [0, 0.05) is 36.6 Å². The van der Waals surface area contributed by atoms with Crippen LogP contribution in [0.25, 0.3) is 11.0 Å². The third-order valence-corrected chi connectivity index (χ3v) is 5.12. The number of piperidine rings is 1. The lowest BCUT2D eigenvalue weighted by Crippen LogP contribution is -2.47. The zero-order chi connectivity index (χ0) is 18.6. The van der Waals surface area contributed by atoms with Gasteiger partial charge >= 0.3 is 0 Å². The maximum Gasteiger partial charge on any atom is 0.287 e. The van der Waals surface area contributed by atoms with Crippen molar-refractivity contribution in [2.45, 2.75) is 19.4 Å². The summed E-state index contributed by atoms with van der Waals surface area (Å²) >= 11 is 0. The standard InChI is InChI=1S/C20H29N3O3/c1-23(2)12-16-15-6-4-5-7-17(15)26-18(16)19(24)22-13-20(14-25-3)8-10-21-11-9-20/h4-7,21H,8-14H2,1-3H3,(H,22,24). The van der Waals surface area contributed by atoms with Gasteiger partial charge in [-0.25, -0.2) is 0 Å². The van der Waals surface area contributed by atoms with Crippen molar-refractivity contribution < 1.29 is 13.9 Å². The second-order valence-electron chi connectivity index (χ2n) is 7.51. The van der Waals surface area contributed by atoms with Crippen molar-refractivity contribution in [3.05, 3.63) is 35.6 Å².